The van der Waals surface area contributed by atoms with Crippen molar-refractivity contribution in [1.29, 1.82) is 0 Å². The molecule has 1 aromatic carbocycles. The number of piperidine rings is 1. The van der Waals surface area contributed by atoms with Crippen molar-refractivity contribution in [3.63, 3.8) is 0 Å². The van der Waals surface area contributed by atoms with Crippen LogP contribution in [0.2, 0.25) is 0 Å². The number of hydrogen-bond acceptors (Lipinski definition) is 3. The second-order valence-electron chi connectivity index (χ2n) is 8.80. The van der Waals surface area contributed by atoms with Crippen LogP contribution in [0.4, 0.5) is 0 Å². The lowest BCUT2D eigenvalue weighted by Crippen LogP contribution is -2.46. The molecule has 1 saturated heterocycles. The van der Waals surface area contributed by atoms with Crippen molar-refractivity contribution in [2.24, 2.45) is 5.92 Å². The molecule has 1 aromatic rings. The van der Waals surface area contributed by atoms with Gasteiger partial charge in [0.15, 0.2) is 0 Å². The predicted octanol–water partition coefficient (Wildman–Crippen LogP) is 4.00. The molecule has 3 aliphatic rings. The van der Waals surface area contributed by atoms with Gasteiger partial charge >= 0.3 is 5.97 Å². The van der Waals surface area contributed by atoms with Crippen molar-refractivity contribution in [2.75, 3.05) is 19.6 Å². The van der Waals surface area contributed by atoms with Crippen molar-refractivity contribution < 1.29 is 14.7 Å². The zero-order valence-electron chi connectivity index (χ0n) is 17.1. The summed E-state index contributed by atoms with van der Waals surface area (Å²) in [5.41, 5.74) is 3.46. The molecule has 1 amide bonds. The number of carbonyl (C=O) groups excluding carboxylic acids is 1. The van der Waals surface area contributed by atoms with Crippen molar-refractivity contribution in [3.05, 3.63) is 34.9 Å². The number of carboxylic acids is 1. The average Bonchev–Trinajstić information content (AvgIpc) is 2.73. The van der Waals surface area contributed by atoms with Gasteiger partial charge in [0.2, 0.25) is 0 Å². The molecule has 29 heavy (non-hydrogen) atoms. The van der Waals surface area contributed by atoms with Gasteiger partial charge in [-0.25, -0.2) is 0 Å². The molecular formula is C23H33ClN2O3. The maximum Gasteiger partial charge on any atom is 0.303 e. The number of benzene rings is 1. The molecule has 0 atom stereocenters. The van der Waals surface area contributed by atoms with Crippen molar-refractivity contribution in [3.8, 4) is 0 Å². The highest BCUT2D eigenvalue weighted by molar-refractivity contribution is 5.97. The third kappa shape index (κ3) is 5.13. The number of fused-ring (bicyclic) bond motifs is 1. The molecule has 0 radical (unpaired) electrons. The first-order chi connectivity index (χ1) is 13.6. The molecule has 2 N–H and O–H groups in total. The fourth-order valence-corrected chi connectivity index (χ4v) is 5.34. The normalized spacial score (nSPS) is 25.2. The molecule has 0 bridgehead atoms. The number of nitrogens with zero attached hydrogens (tertiary/aromatic N) is 1. The summed E-state index contributed by atoms with van der Waals surface area (Å²) in [5, 5.41) is 12.3. The molecule has 1 aliphatic carbocycles. The van der Waals surface area contributed by atoms with Gasteiger partial charge < -0.3 is 15.3 Å². The summed E-state index contributed by atoms with van der Waals surface area (Å²) in [6.07, 6.45) is 8.41. The zero-order chi connectivity index (χ0) is 19.5. The van der Waals surface area contributed by atoms with E-state index < -0.39 is 5.97 Å². The minimum Gasteiger partial charge on any atom is -0.481 e. The van der Waals surface area contributed by atoms with E-state index in [2.05, 4.69) is 28.4 Å². The van der Waals surface area contributed by atoms with Gasteiger partial charge in [0, 0.05) is 24.6 Å². The van der Waals surface area contributed by atoms with Gasteiger partial charge in [-0.2, -0.15) is 0 Å². The van der Waals surface area contributed by atoms with Crippen molar-refractivity contribution in [1.82, 2.24) is 10.2 Å². The van der Waals surface area contributed by atoms with Crippen LogP contribution in [0.1, 0.15) is 78.8 Å². The van der Waals surface area contributed by atoms with Crippen LogP contribution in [0, 0.1) is 5.92 Å². The van der Waals surface area contributed by atoms with E-state index in [0.717, 1.165) is 76.6 Å². The maximum atomic E-state index is 13.3. The first kappa shape index (κ1) is 22.1. The molecule has 2 heterocycles. The number of aliphatic carboxylic acids is 1. The van der Waals surface area contributed by atoms with Gasteiger partial charge in [-0.15, -0.1) is 12.4 Å². The molecule has 6 heteroatoms. The topological polar surface area (TPSA) is 69.6 Å². The monoisotopic (exact) mass is 420 g/mol. The van der Waals surface area contributed by atoms with Gasteiger partial charge in [-0.05, 0) is 93.5 Å². The molecular weight excluding hydrogens is 388 g/mol. The fraction of sp³-hybridized carbons (Fsp3) is 0.652. The Morgan fingerprint density at radius 3 is 2.52 bits per heavy atom. The molecule has 0 spiro atoms. The van der Waals surface area contributed by atoms with E-state index >= 15 is 0 Å². The van der Waals surface area contributed by atoms with Crippen LogP contribution in [0.25, 0.3) is 0 Å². The van der Waals surface area contributed by atoms with E-state index in [1.165, 1.54) is 11.1 Å². The Bertz CT molecular complexity index is 725. The van der Waals surface area contributed by atoms with E-state index in [1.807, 2.05) is 0 Å². The Balaban J connectivity index is 0.00000240. The minimum absolute atomic E-state index is 0. The Kier molecular flexibility index (Phi) is 7.58. The van der Waals surface area contributed by atoms with Crippen LogP contribution >= 0.6 is 12.4 Å². The summed E-state index contributed by atoms with van der Waals surface area (Å²) in [6, 6.07) is 6.93. The van der Waals surface area contributed by atoms with Gasteiger partial charge in [0.05, 0.1) is 0 Å². The molecule has 160 valence electrons. The third-order valence-electron chi connectivity index (χ3n) is 7.08. The van der Waals surface area contributed by atoms with E-state index in [4.69, 9.17) is 5.11 Å². The summed E-state index contributed by atoms with van der Waals surface area (Å²) >= 11 is 0. The highest BCUT2D eigenvalue weighted by atomic mass is 35.5. The molecule has 0 aromatic heterocycles. The second-order valence-corrected chi connectivity index (χ2v) is 8.80. The van der Waals surface area contributed by atoms with Crippen molar-refractivity contribution in [2.45, 2.75) is 69.7 Å². The number of carbonyl (C=O) groups is 2. The Morgan fingerprint density at radius 2 is 1.83 bits per heavy atom. The Morgan fingerprint density at radius 1 is 1.10 bits per heavy atom. The second kappa shape index (κ2) is 9.94. The van der Waals surface area contributed by atoms with E-state index in [1.54, 1.807) is 0 Å². The summed E-state index contributed by atoms with van der Waals surface area (Å²) in [7, 11) is 0. The number of halogens is 1. The lowest BCUT2D eigenvalue weighted by molar-refractivity contribution is -0.137. The minimum atomic E-state index is -0.700. The van der Waals surface area contributed by atoms with Gasteiger partial charge in [-0.3, -0.25) is 9.59 Å². The predicted molar refractivity (Wildman–Crippen MR) is 116 cm³/mol. The first-order valence-electron chi connectivity index (χ1n) is 11.0. The maximum absolute atomic E-state index is 13.3. The number of nitrogens with one attached hydrogen (secondary N) is 1. The van der Waals surface area contributed by atoms with Gasteiger partial charge in [-0.1, -0.05) is 12.1 Å². The largest absolute Gasteiger partial charge is 0.481 e. The number of rotatable bonds is 5. The Labute approximate surface area is 179 Å². The summed E-state index contributed by atoms with van der Waals surface area (Å²) in [4.78, 5) is 26.2. The summed E-state index contributed by atoms with van der Waals surface area (Å²) < 4.78 is 0. The Hall–Kier alpha value is -1.59. The standard InChI is InChI=1S/C23H32N2O3.ClH/c26-22(27)8-3-16-1-6-20(7-2-16)25-14-11-18-4-5-19(15-21(18)23(25)28)17-9-12-24-13-10-17;/h4-5,15-17,20,24H,1-3,6-14H2,(H,26,27);1H/t16-,20-;. The quantitative estimate of drug-likeness (QED) is 0.755. The lowest BCUT2D eigenvalue weighted by Gasteiger charge is -2.39. The SMILES string of the molecule is Cl.O=C(O)CC[C@H]1CC[C@H](N2CCc3ccc(C4CCNCC4)cc3C2=O)CC1. The molecule has 0 unspecified atom stereocenters. The lowest BCUT2D eigenvalue weighted by atomic mass is 9.81. The summed E-state index contributed by atoms with van der Waals surface area (Å²) in [6.45, 7) is 2.95. The number of amides is 1. The molecule has 5 nitrogen and oxygen atoms in total. The summed E-state index contributed by atoms with van der Waals surface area (Å²) in [5.74, 6) is 0.589. The third-order valence-corrected chi connectivity index (χ3v) is 7.08. The van der Waals surface area contributed by atoms with Gasteiger partial charge in [0.1, 0.15) is 0 Å². The average molecular weight is 421 g/mol. The van der Waals surface area contributed by atoms with Crippen LogP contribution in [0.3, 0.4) is 0 Å². The molecule has 2 aliphatic heterocycles. The van der Waals surface area contributed by atoms with Crippen LogP contribution in [0.5, 0.6) is 0 Å². The number of hydrogen-bond donors (Lipinski definition) is 2. The van der Waals surface area contributed by atoms with Crippen LogP contribution in [-0.4, -0.2) is 47.6 Å². The van der Waals surface area contributed by atoms with Crippen molar-refractivity contribution >= 4 is 24.3 Å². The highest BCUT2D eigenvalue weighted by Crippen LogP contribution is 2.34. The van der Waals surface area contributed by atoms with Crippen LogP contribution < -0.4 is 5.32 Å². The van der Waals surface area contributed by atoms with Gasteiger partial charge in [0.25, 0.3) is 5.91 Å². The smallest absolute Gasteiger partial charge is 0.303 e. The molecule has 1 saturated carbocycles. The van der Waals surface area contributed by atoms with Crippen LogP contribution in [-0.2, 0) is 11.2 Å². The molecule has 2 fully saturated rings. The van der Waals surface area contributed by atoms with E-state index in [-0.39, 0.29) is 24.7 Å². The zero-order valence-corrected chi connectivity index (χ0v) is 17.9. The number of carboxylic acid groups (broad SMARTS) is 1. The van der Waals surface area contributed by atoms with E-state index in [9.17, 15) is 9.59 Å². The van der Waals surface area contributed by atoms with Crippen LogP contribution in [0.15, 0.2) is 18.2 Å². The van der Waals surface area contributed by atoms with E-state index in [0.29, 0.717) is 17.9 Å². The fourth-order valence-electron chi connectivity index (χ4n) is 5.34. The molecule has 4 rings (SSSR count). The first-order valence-corrected chi connectivity index (χ1v) is 11.0. The highest BCUT2D eigenvalue weighted by Gasteiger charge is 2.33.